The van der Waals surface area contributed by atoms with Crippen molar-refractivity contribution < 1.29 is 19.0 Å². The molecule has 3 aromatic rings. The summed E-state index contributed by atoms with van der Waals surface area (Å²) in [4.78, 5) is 17.9. The number of fused-ring (bicyclic) bond motifs is 1. The van der Waals surface area contributed by atoms with Crippen LogP contribution in [0.5, 0.6) is 0 Å². The number of rotatable bonds is 6. The molecule has 1 amide bonds. The third kappa shape index (κ3) is 4.62. The first-order valence-corrected chi connectivity index (χ1v) is 13.5. The van der Waals surface area contributed by atoms with Crippen LogP contribution in [-0.4, -0.2) is 80.1 Å². The van der Waals surface area contributed by atoms with Crippen molar-refractivity contribution in [3.63, 3.8) is 0 Å². The lowest BCUT2D eigenvalue weighted by molar-refractivity contribution is -0.181. The van der Waals surface area contributed by atoms with Crippen molar-refractivity contribution in [2.75, 3.05) is 69.4 Å². The van der Waals surface area contributed by atoms with Crippen molar-refractivity contribution in [2.24, 2.45) is 5.92 Å². The number of aromatic nitrogens is 1. The van der Waals surface area contributed by atoms with Crippen LogP contribution in [0.3, 0.4) is 0 Å². The molecule has 4 heterocycles. The number of hydrogen-bond acceptors (Lipinski definition) is 8. The standard InChI is InChI=1S/C27H32N4O4S/c1-19-16-20(6-7-23(19)28-26(32)22-17-33-18-27(22)34-14-15-35-27)8-9-30-10-12-31(13-11-30)25-21-4-2-3-5-24(21)36-29-25/h2-7,16,22H,8-15,17-18H2,1H3,(H,28,32). The second-order valence-corrected chi connectivity index (χ2v) is 10.6. The average Bonchev–Trinajstić information content (AvgIpc) is 3.65. The van der Waals surface area contributed by atoms with Crippen molar-refractivity contribution in [1.29, 1.82) is 0 Å². The molecular weight excluding hydrogens is 476 g/mol. The van der Waals surface area contributed by atoms with Gasteiger partial charge in [0.2, 0.25) is 11.7 Å². The summed E-state index contributed by atoms with van der Waals surface area (Å²) in [6, 6.07) is 14.8. The SMILES string of the molecule is Cc1cc(CCN2CCN(c3nsc4ccccc34)CC2)ccc1NC(=O)C1COCC12OCCO2. The Morgan fingerprint density at radius 2 is 1.94 bits per heavy atom. The molecule has 3 aliphatic rings. The van der Waals surface area contributed by atoms with E-state index in [2.05, 4.69) is 51.5 Å². The molecule has 3 aliphatic heterocycles. The highest BCUT2D eigenvalue weighted by Crippen LogP contribution is 2.35. The predicted molar refractivity (Wildman–Crippen MR) is 141 cm³/mol. The van der Waals surface area contributed by atoms with Gasteiger partial charge < -0.3 is 24.4 Å². The first-order chi connectivity index (χ1) is 17.6. The first-order valence-electron chi connectivity index (χ1n) is 12.7. The molecule has 0 aliphatic carbocycles. The maximum absolute atomic E-state index is 13.0. The number of piperazine rings is 1. The van der Waals surface area contributed by atoms with E-state index < -0.39 is 11.7 Å². The number of anilines is 2. The maximum Gasteiger partial charge on any atom is 0.235 e. The molecule has 9 heteroatoms. The number of aryl methyl sites for hydroxylation is 1. The minimum atomic E-state index is -0.922. The van der Waals surface area contributed by atoms with Crippen LogP contribution < -0.4 is 10.2 Å². The van der Waals surface area contributed by atoms with E-state index in [1.54, 1.807) is 11.5 Å². The molecule has 3 fully saturated rings. The Morgan fingerprint density at radius 3 is 2.75 bits per heavy atom. The van der Waals surface area contributed by atoms with Crippen LogP contribution in [0.2, 0.25) is 0 Å². The van der Waals surface area contributed by atoms with Gasteiger partial charge in [-0.15, -0.1) is 0 Å². The van der Waals surface area contributed by atoms with Crippen LogP contribution in [-0.2, 0) is 25.4 Å². The zero-order chi connectivity index (χ0) is 24.5. The van der Waals surface area contributed by atoms with Crippen LogP contribution in [0.25, 0.3) is 10.1 Å². The van der Waals surface area contributed by atoms with E-state index >= 15 is 0 Å². The van der Waals surface area contributed by atoms with Gasteiger partial charge in [-0.2, -0.15) is 4.37 Å². The van der Waals surface area contributed by atoms with Gasteiger partial charge in [-0.3, -0.25) is 9.69 Å². The highest BCUT2D eigenvalue weighted by molar-refractivity contribution is 7.13. The number of amides is 1. The minimum absolute atomic E-state index is 0.115. The average molecular weight is 509 g/mol. The quantitative estimate of drug-likeness (QED) is 0.548. The number of carbonyl (C=O) groups is 1. The highest BCUT2D eigenvalue weighted by atomic mass is 32.1. The molecule has 1 aromatic heterocycles. The summed E-state index contributed by atoms with van der Waals surface area (Å²) in [5, 5.41) is 4.33. The lowest BCUT2D eigenvalue weighted by atomic mass is 10.0. The van der Waals surface area contributed by atoms with Gasteiger partial charge in [0.05, 0.1) is 24.5 Å². The number of ether oxygens (including phenoxy) is 3. The zero-order valence-electron chi connectivity index (χ0n) is 20.6. The summed E-state index contributed by atoms with van der Waals surface area (Å²) in [5.74, 6) is -0.366. The Labute approximate surface area is 215 Å². The fraction of sp³-hybridized carbons (Fsp3) is 0.481. The summed E-state index contributed by atoms with van der Waals surface area (Å²) >= 11 is 1.58. The second kappa shape index (κ2) is 10.1. The Kier molecular flexibility index (Phi) is 6.66. The maximum atomic E-state index is 13.0. The molecule has 2 aromatic carbocycles. The molecule has 3 saturated heterocycles. The van der Waals surface area contributed by atoms with Gasteiger partial charge >= 0.3 is 0 Å². The molecular formula is C27H32N4O4S. The van der Waals surface area contributed by atoms with E-state index in [1.165, 1.54) is 15.6 Å². The van der Waals surface area contributed by atoms with E-state index in [1.807, 2.05) is 13.0 Å². The molecule has 0 radical (unpaired) electrons. The van der Waals surface area contributed by atoms with E-state index in [9.17, 15) is 4.79 Å². The van der Waals surface area contributed by atoms with Crippen LogP contribution in [0.15, 0.2) is 42.5 Å². The number of nitrogens with zero attached hydrogens (tertiary/aromatic N) is 3. The minimum Gasteiger partial charge on any atom is -0.375 e. The Morgan fingerprint density at radius 1 is 1.14 bits per heavy atom. The highest BCUT2D eigenvalue weighted by Gasteiger charge is 2.52. The number of benzene rings is 2. The monoisotopic (exact) mass is 508 g/mol. The Bertz CT molecular complexity index is 1230. The van der Waals surface area contributed by atoms with Gasteiger partial charge in [0.15, 0.2) is 0 Å². The molecule has 190 valence electrons. The van der Waals surface area contributed by atoms with Crippen molar-refractivity contribution >= 4 is 39.0 Å². The van der Waals surface area contributed by atoms with Crippen LogP contribution in [0, 0.1) is 12.8 Å². The fourth-order valence-electron chi connectivity index (χ4n) is 5.39. The number of hydrogen-bond donors (Lipinski definition) is 1. The van der Waals surface area contributed by atoms with Gasteiger partial charge in [-0.25, -0.2) is 0 Å². The molecule has 1 atom stereocenters. The van der Waals surface area contributed by atoms with Crippen molar-refractivity contribution in [1.82, 2.24) is 9.27 Å². The topological polar surface area (TPSA) is 76.2 Å². The Hall–Kier alpha value is -2.56. The molecule has 1 N–H and O–H groups in total. The van der Waals surface area contributed by atoms with Gasteiger partial charge in [0, 0.05) is 43.8 Å². The predicted octanol–water partition coefficient (Wildman–Crippen LogP) is 3.30. The molecule has 8 nitrogen and oxygen atoms in total. The van der Waals surface area contributed by atoms with Crippen molar-refractivity contribution in [2.45, 2.75) is 19.1 Å². The smallest absolute Gasteiger partial charge is 0.235 e. The summed E-state index contributed by atoms with van der Waals surface area (Å²) in [5.41, 5.74) is 3.16. The Balaban J connectivity index is 1.01. The first kappa shape index (κ1) is 23.8. The molecule has 0 saturated carbocycles. The fourth-order valence-corrected chi connectivity index (χ4v) is 6.19. The van der Waals surface area contributed by atoms with Crippen LogP contribution in [0.4, 0.5) is 11.5 Å². The number of carbonyl (C=O) groups excluding carboxylic acids is 1. The third-order valence-corrected chi connectivity index (χ3v) is 8.32. The molecule has 0 bridgehead atoms. The van der Waals surface area contributed by atoms with Gasteiger partial charge in [-0.1, -0.05) is 24.3 Å². The van der Waals surface area contributed by atoms with Crippen LogP contribution >= 0.6 is 11.5 Å². The van der Waals surface area contributed by atoms with Crippen LogP contribution in [0.1, 0.15) is 11.1 Å². The lowest BCUT2D eigenvalue weighted by Crippen LogP contribution is -2.47. The lowest BCUT2D eigenvalue weighted by Gasteiger charge is -2.35. The second-order valence-electron chi connectivity index (χ2n) is 9.80. The molecule has 1 unspecified atom stereocenters. The molecule has 6 rings (SSSR count). The number of nitrogens with one attached hydrogen (secondary N) is 1. The van der Waals surface area contributed by atoms with Crippen molar-refractivity contribution in [3.8, 4) is 0 Å². The summed E-state index contributed by atoms with van der Waals surface area (Å²) < 4.78 is 23.0. The van der Waals surface area contributed by atoms with Gasteiger partial charge in [-0.05, 0) is 54.2 Å². The largest absolute Gasteiger partial charge is 0.375 e. The summed E-state index contributed by atoms with van der Waals surface area (Å²) in [7, 11) is 0. The van der Waals surface area contributed by atoms with Gasteiger partial charge in [0.1, 0.15) is 18.3 Å². The zero-order valence-corrected chi connectivity index (χ0v) is 21.4. The van der Waals surface area contributed by atoms with E-state index in [0.29, 0.717) is 26.4 Å². The van der Waals surface area contributed by atoms with E-state index in [4.69, 9.17) is 18.6 Å². The molecule has 36 heavy (non-hydrogen) atoms. The molecule has 1 spiro atoms. The third-order valence-electron chi connectivity index (χ3n) is 7.51. The summed E-state index contributed by atoms with van der Waals surface area (Å²) in [6.07, 6.45) is 0.982. The van der Waals surface area contributed by atoms with Crippen molar-refractivity contribution in [3.05, 3.63) is 53.6 Å². The van der Waals surface area contributed by atoms with E-state index in [0.717, 1.165) is 56.2 Å². The normalized spacial score (nSPS) is 22.0. The summed E-state index contributed by atoms with van der Waals surface area (Å²) in [6.45, 7) is 8.74. The van der Waals surface area contributed by atoms with E-state index in [-0.39, 0.29) is 5.91 Å². The van der Waals surface area contributed by atoms with Gasteiger partial charge in [0.25, 0.3) is 0 Å².